The second kappa shape index (κ2) is 9.34. The van der Waals surface area contributed by atoms with Gasteiger partial charge in [-0.05, 0) is 37.3 Å². The van der Waals surface area contributed by atoms with Crippen molar-refractivity contribution in [2.24, 2.45) is 7.05 Å². The maximum Gasteiger partial charge on any atom is 0.433 e. The molecule has 5 aromatic rings. The summed E-state index contributed by atoms with van der Waals surface area (Å²) < 4.78 is 45.3. The molecule has 38 heavy (non-hydrogen) atoms. The lowest BCUT2D eigenvalue weighted by Crippen LogP contribution is -2.23. The van der Waals surface area contributed by atoms with Crippen molar-refractivity contribution in [3.05, 3.63) is 98.1 Å². The molecule has 13 heteroatoms. The van der Waals surface area contributed by atoms with Gasteiger partial charge < -0.3 is 5.32 Å². The third-order valence-electron chi connectivity index (χ3n) is 5.97. The molecule has 0 radical (unpaired) electrons. The summed E-state index contributed by atoms with van der Waals surface area (Å²) in [5.74, 6) is -0.965. The minimum absolute atomic E-state index is 0.0418. The smallest absolute Gasteiger partial charge is 0.314 e. The minimum atomic E-state index is -4.84. The molecule has 0 saturated carbocycles. The number of fused-ring (bicyclic) bond motifs is 1. The van der Waals surface area contributed by atoms with E-state index < -0.39 is 34.1 Å². The molecule has 1 N–H and O–H groups in total. The number of para-hydroxylation sites is 1. The van der Waals surface area contributed by atoms with Crippen LogP contribution in [0.2, 0.25) is 10.0 Å². The predicted molar refractivity (Wildman–Crippen MR) is 137 cm³/mol. The Bertz CT molecular complexity index is 1760. The fraction of sp³-hybridized carbons (Fsp3) is 0.120. The van der Waals surface area contributed by atoms with E-state index in [0.29, 0.717) is 26.5 Å². The van der Waals surface area contributed by atoms with Gasteiger partial charge in [-0.15, -0.1) is 0 Å². The first-order valence-corrected chi connectivity index (χ1v) is 11.8. The molecule has 5 rings (SSSR count). The molecule has 2 aromatic carbocycles. The van der Waals surface area contributed by atoms with Crippen LogP contribution < -0.4 is 10.9 Å². The number of alkyl halides is 3. The number of benzene rings is 2. The number of aromatic nitrogens is 5. The van der Waals surface area contributed by atoms with Gasteiger partial charge in [0.1, 0.15) is 10.7 Å². The van der Waals surface area contributed by atoms with Crippen molar-refractivity contribution in [3.8, 4) is 16.9 Å². The highest BCUT2D eigenvalue weighted by Gasteiger charge is 2.37. The second-order valence-electron chi connectivity index (χ2n) is 8.32. The Morgan fingerprint density at radius 2 is 1.68 bits per heavy atom. The molecule has 194 valence electrons. The highest BCUT2D eigenvalue weighted by Crippen LogP contribution is 2.35. The van der Waals surface area contributed by atoms with E-state index in [1.54, 1.807) is 49.0 Å². The van der Waals surface area contributed by atoms with Crippen LogP contribution in [-0.2, 0) is 13.2 Å². The van der Waals surface area contributed by atoms with Gasteiger partial charge in [0.2, 0.25) is 0 Å². The van der Waals surface area contributed by atoms with Crippen molar-refractivity contribution in [1.29, 1.82) is 0 Å². The van der Waals surface area contributed by atoms with Crippen LogP contribution in [0.15, 0.2) is 65.5 Å². The number of hydrogen-bond acceptors (Lipinski definition) is 4. The van der Waals surface area contributed by atoms with E-state index in [4.69, 9.17) is 23.2 Å². The van der Waals surface area contributed by atoms with E-state index in [1.807, 2.05) is 0 Å². The summed E-state index contributed by atoms with van der Waals surface area (Å²) in [5, 5.41) is 6.28. The van der Waals surface area contributed by atoms with Gasteiger partial charge in [0.15, 0.2) is 17.0 Å². The summed E-state index contributed by atoms with van der Waals surface area (Å²) in [5.41, 5.74) is -1.41. The number of hydrogen-bond donors (Lipinski definition) is 1. The molecule has 0 spiro atoms. The molecule has 0 atom stereocenters. The Morgan fingerprint density at radius 3 is 2.32 bits per heavy atom. The van der Waals surface area contributed by atoms with Gasteiger partial charge in [-0.3, -0.25) is 14.3 Å². The van der Waals surface area contributed by atoms with Gasteiger partial charge in [0.25, 0.3) is 11.5 Å². The average molecular weight is 561 g/mol. The molecule has 0 aliphatic heterocycles. The molecule has 0 aliphatic carbocycles. The second-order valence-corrected chi connectivity index (χ2v) is 9.13. The predicted octanol–water partition coefficient (Wildman–Crippen LogP) is 5.77. The van der Waals surface area contributed by atoms with E-state index >= 15 is 0 Å². The van der Waals surface area contributed by atoms with Gasteiger partial charge in [-0.1, -0.05) is 53.5 Å². The number of nitrogens with zero attached hydrogens (tertiary/aromatic N) is 5. The molecular weight excluding hydrogens is 544 g/mol. The van der Waals surface area contributed by atoms with Gasteiger partial charge in [-0.25, -0.2) is 14.2 Å². The monoisotopic (exact) mass is 560 g/mol. The fourth-order valence-corrected chi connectivity index (χ4v) is 4.36. The number of carbonyl (C=O) groups excluding carboxylic acids is 1. The summed E-state index contributed by atoms with van der Waals surface area (Å²) in [6.45, 7) is 1.61. The Labute approximate surface area is 222 Å². The Morgan fingerprint density at radius 1 is 1.03 bits per heavy atom. The topological polar surface area (TPSA) is 86.2 Å². The van der Waals surface area contributed by atoms with Gasteiger partial charge >= 0.3 is 6.18 Å². The van der Waals surface area contributed by atoms with Crippen molar-refractivity contribution >= 4 is 40.4 Å². The quantitative estimate of drug-likeness (QED) is 0.302. The summed E-state index contributed by atoms with van der Waals surface area (Å²) in [6.07, 6.45) is -4.84. The van der Waals surface area contributed by atoms with Crippen LogP contribution >= 0.6 is 23.2 Å². The van der Waals surface area contributed by atoms with Crippen molar-refractivity contribution in [2.75, 3.05) is 5.32 Å². The lowest BCUT2D eigenvalue weighted by molar-refractivity contribution is -0.142. The summed E-state index contributed by atoms with van der Waals surface area (Å²) in [7, 11) is 1.63. The third kappa shape index (κ3) is 4.33. The zero-order valence-corrected chi connectivity index (χ0v) is 21.2. The lowest BCUT2D eigenvalue weighted by Gasteiger charge is -2.11. The van der Waals surface area contributed by atoms with Crippen LogP contribution in [0.3, 0.4) is 0 Å². The molecule has 0 unspecified atom stereocenters. The van der Waals surface area contributed by atoms with Crippen LogP contribution in [0.1, 0.15) is 21.9 Å². The molecule has 0 aliphatic rings. The van der Waals surface area contributed by atoms with Crippen molar-refractivity contribution in [2.45, 2.75) is 13.1 Å². The third-order valence-corrected chi connectivity index (χ3v) is 6.57. The van der Waals surface area contributed by atoms with Gasteiger partial charge in [0, 0.05) is 17.6 Å². The standard InChI is InChI=1S/C25H17Cl2F3N6O2/c1-13-20(24(38)36(34(13)2)16-6-4-3-5-7-16)32-23(37)21-19(27)22-31-17(14-8-10-15(26)11-9-14)12-18(25(28,29)30)35(22)33-21/h3-12H,1-2H3,(H,32,37). The summed E-state index contributed by atoms with van der Waals surface area (Å²) in [6, 6.07) is 15.6. The maximum absolute atomic E-state index is 14.0. The first-order chi connectivity index (χ1) is 18.0. The summed E-state index contributed by atoms with van der Waals surface area (Å²) in [4.78, 5) is 30.5. The number of anilines is 1. The maximum atomic E-state index is 14.0. The first kappa shape index (κ1) is 25.6. The van der Waals surface area contributed by atoms with E-state index in [1.165, 1.54) is 28.9 Å². The molecule has 0 bridgehead atoms. The Balaban J connectivity index is 1.60. The minimum Gasteiger partial charge on any atom is -0.314 e. The van der Waals surface area contributed by atoms with Gasteiger partial charge in [0.05, 0.1) is 17.1 Å². The van der Waals surface area contributed by atoms with E-state index in [9.17, 15) is 22.8 Å². The molecule has 0 saturated heterocycles. The van der Waals surface area contributed by atoms with Crippen molar-refractivity contribution in [3.63, 3.8) is 0 Å². The largest absolute Gasteiger partial charge is 0.433 e. The summed E-state index contributed by atoms with van der Waals surface area (Å²) >= 11 is 12.2. The highest BCUT2D eigenvalue weighted by atomic mass is 35.5. The van der Waals surface area contributed by atoms with Crippen LogP contribution in [0.25, 0.3) is 22.6 Å². The van der Waals surface area contributed by atoms with Crippen LogP contribution in [0, 0.1) is 6.92 Å². The van der Waals surface area contributed by atoms with Crippen molar-refractivity contribution < 1.29 is 18.0 Å². The SMILES string of the molecule is Cc1c(NC(=O)c2nn3c(C(F)(F)F)cc(-c4ccc(Cl)cc4)nc3c2Cl)c(=O)n(-c2ccccc2)n1C. The number of rotatable bonds is 4. The fourth-order valence-electron chi connectivity index (χ4n) is 3.99. The molecule has 1 amide bonds. The zero-order chi connectivity index (χ0) is 27.4. The molecular formula is C25H17Cl2F3N6O2. The first-order valence-electron chi connectivity index (χ1n) is 11.0. The van der Waals surface area contributed by atoms with Gasteiger partial charge in [-0.2, -0.15) is 18.3 Å². The molecule has 8 nitrogen and oxygen atoms in total. The molecule has 3 aromatic heterocycles. The average Bonchev–Trinajstić information content (AvgIpc) is 3.32. The van der Waals surface area contributed by atoms with Crippen LogP contribution in [0.4, 0.5) is 18.9 Å². The molecule has 0 fully saturated rings. The normalized spacial score (nSPS) is 11.8. The van der Waals surface area contributed by atoms with Crippen LogP contribution in [0.5, 0.6) is 0 Å². The zero-order valence-electron chi connectivity index (χ0n) is 19.7. The number of nitrogens with one attached hydrogen (secondary N) is 1. The lowest BCUT2D eigenvalue weighted by atomic mass is 10.1. The van der Waals surface area contributed by atoms with E-state index in [0.717, 1.165) is 6.07 Å². The van der Waals surface area contributed by atoms with E-state index in [-0.39, 0.29) is 17.0 Å². The van der Waals surface area contributed by atoms with Crippen LogP contribution in [-0.4, -0.2) is 29.9 Å². The number of carbonyl (C=O) groups is 1. The highest BCUT2D eigenvalue weighted by molar-refractivity contribution is 6.37. The Kier molecular flexibility index (Phi) is 6.28. The number of amides is 1. The Hall–Kier alpha value is -4.09. The molecule has 3 heterocycles. The number of halogens is 5. The van der Waals surface area contributed by atoms with Crippen molar-refractivity contribution in [1.82, 2.24) is 24.0 Å². The van der Waals surface area contributed by atoms with E-state index in [2.05, 4.69) is 15.4 Å².